The summed E-state index contributed by atoms with van der Waals surface area (Å²) in [6.45, 7) is 6.06. The summed E-state index contributed by atoms with van der Waals surface area (Å²) >= 11 is 6.52. The van der Waals surface area contributed by atoms with Crippen LogP contribution in [0.5, 0.6) is 5.75 Å². The summed E-state index contributed by atoms with van der Waals surface area (Å²) in [6, 6.07) is 7.38. The molecular weight excluding hydrogens is 803 g/mol. The maximum absolute atomic E-state index is 15.6. The predicted molar refractivity (Wildman–Crippen MR) is 222 cm³/mol. The Balaban J connectivity index is 0.838. The third kappa shape index (κ3) is 7.22. The molecule has 4 aliphatic heterocycles. The van der Waals surface area contributed by atoms with Crippen molar-refractivity contribution in [3.05, 3.63) is 63.4 Å². The van der Waals surface area contributed by atoms with Crippen molar-refractivity contribution >= 4 is 74.0 Å². The number of ether oxygens (including phenoxy) is 1. The quantitative estimate of drug-likeness (QED) is 0.186. The van der Waals surface area contributed by atoms with Crippen LogP contribution < -0.4 is 36.0 Å². The van der Waals surface area contributed by atoms with Crippen molar-refractivity contribution < 1.29 is 27.5 Å². The first-order valence-electron chi connectivity index (χ1n) is 20.2. The average Bonchev–Trinajstić information content (AvgIpc) is 3.51. The zero-order valence-corrected chi connectivity index (χ0v) is 34.2. The number of fused-ring (bicyclic) bond motifs is 4. The molecule has 15 nitrogen and oxygen atoms in total. The van der Waals surface area contributed by atoms with Crippen LogP contribution in [0.4, 0.5) is 42.0 Å². The minimum atomic E-state index is -3.25. The first kappa shape index (κ1) is 39.8. The number of hydrogen-bond acceptors (Lipinski definition) is 12. The predicted octanol–water partition coefficient (Wildman–Crippen LogP) is 5.14. The molecule has 0 saturated carbocycles. The van der Waals surface area contributed by atoms with Gasteiger partial charge in [0.15, 0.2) is 12.4 Å². The zero-order chi connectivity index (χ0) is 42.0. The Hall–Kier alpha value is -5.62. The molecule has 60 heavy (non-hydrogen) atoms. The van der Waals surface area contributed by atoms with Crippen molar-refractivity contribution in [2.45, 2.75) is 50.5 Å². The summed E-state index contributed by atoms with van der Waals surface area (Å²) in [4.78, 5) is 53.6. The highest BCUT2D eigenvalue weighted by Gasteiger charge is 2.42. The van der Waals surface area contributed by atoms with E-state index in [1.165, 1.54) is 30.8 Å². The molecule has 19 heteroatoms. The molecule has 4 aliphatic rings. The molecule has 0 aliphatic carbocycles. The molecular formula is C41H45ClF3N11O4. The molecule has 3 saturated heterocycles. The molecule has 1 unspecified atom stereocenters. The number of carbonyl (C=O) groups is 2. The van der Waals surface area contributed by atoms with Crippen molar-refractivity contribution in [2.24, 2.45) is 20.0 Å². The van der Waals surface area contributed by atoms with E-state index in [4.69, 9.17) is 21.4 Å². The third-order valence-corrected chi connectivity index (χ3v) is 12.7. The van der Waals surface area contributed by atoms with Crippen LogP contribution >= 0.6 is 11.6 Å². The SMILES string of the molecule is C[C@@H]1Nc2c(c(=O)n(C)c3cc(F)c(Nc4nc(N5CCN(CC6CCN(c7cccc8c(C9CCC(=O)NC9=O)nn(C)c78)CC6)CC5)ncc4Cl)cc23)OCC1(F)F. The first-order chi connectivity index (χ1) is 28.8. The van der Waals surface area contributed by atoms with E-state index in [-0.39, 0.29) is 45.3 Å². The second-order valence-corrected chi connectivity index (χ2v) is 16.6. The zero-order valence-electron chi connectivity index (χ0n) is 33.4. The van der Waals surface area contributed by atoms with E-state index in [1.54, 1.807) is 0 Å². The number of nitrogens with zero attached hydrogens (tertiary/aromatic N) is 8. The van der Waals surface area contributed by atoms with E-state index in [0.717, 1.165) is 68.2 Å². The summed E-state index contributed by atoms with van der Waals surface area (Å²) in [5.41, 5.74) is 2.38. The number of carbonyl (C=O) groups excluding carboxylic acids is 2. The van der Waals surface area contributed by atoms with E-state index in [1.807, 2.05) is 23.9 Å². The van der Waals surface area contributed by atoms with Gasteiger partial charge in [-0.2, -0.15) is 10.1 Å². The number of imide groups is 1. The summed E-state index contributed by atoms with van der Waals surface area (Å²) in [6.07, 6.45) is 4.28. The average molecular weight is 848 g/mol. The number of benzene rings is 2. The van der Waals surface area contributed by atoms with Crippen LogP contribution in [0.2, 0.25) is 5.02 Å². The molecule has 0 radical (unpaired) electrons. The number of aryl methyl sites for hydroxylation is 2. The van der Waals surface area contributed by atoms with Crippen LogP contribution in [-0.2, 0) is 23.7 Å². The lowest BCUT2D eigenvalue weighted by Crippen LogP contribution is -2.49. The number of halogens is 4. The summed E-state index contributed by atoms with van der Waals surface area (Å²) < 4.78 is 53.2. The highest BCUT2D eigenvalue weighted by atomic mass is 35.5. The van der Waals surface area contributed by atoms with Crippen LogP contribution in [-0.4, -0.2) is 105 Å². The Bertz CT molecular complexity index is 2590. The molecule has 0 spiro atoms. The maximum atomic E-state index is 15.6. The number of para-hydroxylation sites is 1. The second kappa shape index (κ2) is 15.4. The minimum absolute atomic E-state index is 0.0230. The molecule has 9 rings (SSSR count). The van der Waals surface area contributed by atoms with Crippen LogP contribution in [0.25, 0.3) is 21.8 Å². The van der Waals surface area contributed by atoms with Crippen LogP contribution in [0.15, 0.2) is 41.3 Å². The number of nitrogens with one attached hydrogen (secondary N) is 3. The Kier molecular flexibility index (Phi) is 10.3. The fraction of sp³-hybridized carbons (Fsp3) is 0.463. The smallest absolute Gasteiger partial charge is 0.300 e. The van der Waals surface area contributed by atoms with Crippen LogP contribution in [0.3, 0.4) is 0 Å². The topological polar surface area (TPSA) is 155 Å². The number of piperidine rings is 2. The van der Waals surface area contributed by atoms with Crippen LogP contribution in [0, 0.1) is 11.7 Å². The molecule has 0 bridgehead atoms. The molecule has 3 fully saturated rings. The number of piperazine rings is 1. The van der Waals surface area contributed by atoms with Crippen molar-refractivity contribution in [1.29, 1.82) is 0 Å². The van der Waals surface area contributed by atoms with Gasteiger partial charge in [0, 0.05) is 83.2 Å². The van der Waals surface area contributed by atoms with Crippen molar-refractivity contribution in [3.8, 4) is 5.75 Å². The van der Waals surface area contributed by atoms with Gasteiger partial charge in [-0.15, -0.1) is 0 Å². The van der Waals surface area contributed by atoms with Gasteiger partial charge in [0.05, 0.1) is 51.9 Å². The van der Waals surface area contributed by atoms with Crippen molar-refractivity contribution in [1.82, 2.24) is 34.5 Å². The standard InChI is InChI=1S/C41H45ClF3N11O4/c1-22-41(44,45)21-60-36-34(47-22)26-17-29(28(43)18-31(26)52(2)39(36)59)48-37-27(42)19-46-40(50-37)56-15-13-54(14-16-56)20-23-9-11-55(12-10-23)30-6-4-5-24-33(51-53(3)35(24)30)25-7-8-32(57)49-38(25)58/h4-6,17-19,22-23,25,47H,7-16,20-21H2,1-3H3,(H,46,48,50)(H,49,57,58)/t22-,25?/m0/s1. The monoisotopic (exact) mass is 847 g/mol. The number of aromatic nitrogens is 5. The normalized spacial score (nSPS) is 21.4. The van der Waals surface area contributed by atoms with E-state index in [9.17, 15) is 23.2 Å². The number of rotatable bonds is 7. The first-order valence-corrected chi connectivity index (χ1v) is 20.6. The van der Waals surface area contributed by atoms with E-state index in [0.29, 0.717) is 48.9 Å². The largest absolute Gasteiger partial charge is 0.480 e. The Morgan fingerprint density at radius 3 is 2.52 bits per heavy atom. The molecule has 7 heterocycles. The van der Waals surface area contributed by atoms with Gasteiger partial charge in [-0.25, -0.2) is 18.2 Å². The van der Waals surface area contributed by atoms with Crippen LogP contribution in [0.1, 0.15) is 44.2 Å². The van der Waals surface area contributed by atoms with Gasteiger partial charge >= 0.3 is 5.92 Å². The lowest BCUT2D eigenvalue weighted by Gasteiger charge is -2.39. The molecule has 5 aromatic rings. The number of anilines is 5. The van der Waals surface area contributed by atoms with Gasteiger partial charge in [-0.05, 0) is 44.2 Å². The molecule has 2 amide bonds. The molecule has 2 aromatic carbocycles. The number of amides is 2. The highest BCUT2D eigenvalue weighted by Crippen LogP contribution is 2.40. The highest BCUT2D eigenvalue weighted by molar-refractivity contribution is 6.33. The second-order valence-electron chi connectivity index (χ2n) is 16.2. The third-order valence-electron chi connectivity index (χ3n) is 12.4. The molecule has 3 N–H and O–H groups in total. The number of hydrogen-bond donors (Lipinski definition) is 3. The molecule has 316 valence electrons. The minimum Gasteiger partial charge on any atom is -0.480 e. The Labute approximate surface area is 347 Å². The van der Waals surface area contributed by atoms with E-state index >= 15 is 4.39 Å². The molecule has 3 aromatic heterocycles. The van der Waals surface area contributed by atoms with Crippen molar-refractivity contribution in [2.75, 3.05) is 72.9 Å². The summed E-state index contributed by atoms with van der Waals surface area (Å²) in [5.74, 6) is -4.06. The fourth-order valence-corrected chi connectivity index (χ4v) is 9.05. The number of pyridine rings is 1. The van der Waals surface area contributed by atoms with E-state index in [2.05, 4.69) is 46.7 Å². The van der Waals surface area contributed by atoms with Gasteiger partial charge in [-0.1, -0.05) is 23.7 Å². The lowest BCUT2D eigenvalue weighted by molar-refractivity contribution is -0.134. The van der Waals surface area contributed by atoms with Crippen molar-refractivity contribution in [3.63, 3.8) is 0 Å². The van der Waals surface area contributed by atoms with Gasteiger partial charge in [-0.3, -0.25) is 29.3 Å². The Morgan fingerprint density at radius 2 is 1.77 bits per heavy atom. The summed E-state index contributed by atoms with van der Waals surface area (Å²) in [7, 11) is 3.34. The lowest BCUT2D eigenvalue weighted by atomic mass is 9.92. The maximum Gasteiger partial charge on any atom is 0.300 e. The van der Waals surface area contributed by atoms with Gasteiger partial charge < -0.3 is 29.7 Å². The summed E-state index contributed by atoms with van der Waals surface area (Å²) in [5, 5.41) is 14.3. The fourth-order valence-electron chi connectivity index (χ4n) is 8.91. The Morgan fingerprint density at radius 1 is 1.00 bits per heavy atom. The van der Waals surface area contributed by atoms with E-state index < -0.39 is 35.9 Å². The van der Waals surface area contributed by atoms with Gasteiger partial charge in [0.1, 0.15) is 10.8 Å². The molecule has 2 atom stereocenters. The van der Waals surface area contributed by atoms with Gasteiger partial charge in [0.25, 0.3) is 5.56 Å². The number of alkyl halides is 2. The van der Waals surface area contributed by atoms with Gasteiger partial charge in [0.2, 0.25) is 23.5 Å².